The third-order valence-electron chi connectivity index (χ3n) is 2.10. The van der Waals surface area contributed by atoms with Crippen molar-refractivity contribution in [1.82, 2.24) is 0 Å². The molecule has 0 atom stereocenters. The van der Waals surface area contributed by atoms with Crippen LogP contribution in [0.15, 0.2) is 36.5 Å². The van der Waals surface area contributed by atoms with Crippen molar-refractivity contribution in [3.63, 3.8) is 0 Å². The minimum atomic E-state index is -1.53. The molecule has 5 heteroatoms. The summed E-state index contributed by atoms with van der Waals surface area (Å²) >= 11 is 0. The van der Waals surface area contributed by atoms with E-state index >= 15 is 0 Å². The highest BCUT2D eigenvalue weighted by Crippen LogP contribution is 2.13. The summed E-state index contributed by atoms with van der Waals surface area (Å²) in [5.74, 6) is 0. The van der Waals surface area contributed by atoms with Crippen LogP contribution in [0.2, 0.25) is 0 Å². The van der Waals surface area contributed by atoms with Gasteiger partial charge < -0.3 is 15.8 Å². The second-order valence-electron chi connectivity index (χ2n) is 3.08. The normalized spacial score (nSPS) is 10.4. The molecular weight excluding hydrogens is 179 g/mol. The number of nitrogens with two attached hydrogens (primary N) is 1. The van der Waals surface area contributed by atoms with Gasteiger partial charge in [-0.1, -0.05) is 0 Å². The Morgan fingerprint density at radius 2 is 2.00 bits per heavy atom. The van der Waals surface area contributed by atoms with Crippen LogP contribution in [-0.2, 0) is 0 Å². The van der Waals surface area contributed by atoms with Crippen LogP contribution in [-0.4, -0.2) is 17.3 Å². The summed E-state index contributed by atoms with van der Waals surface area (Å²) in [6, 6.07) is 8.87. The topological polar surface area (TPSA) is 70.4 Å². The maximum absolute atomic E-state index is 9.08. The number of fused-ring (bicyclic) bond motifs is 1. The number of rotatable bonds is 1. The average Bonchev–Trinajstić information content (AvgIpc) is 2.16. The highest BCUT2D eigenvalue weighted by atomic mass is 16.4. The fourth-order valence-corrected chi connectivity index (χ4v) is 1.46. The SMILES string of the molecule is Nc1ccc2c(ccc[n+]2B(O)O)c1. The predicted octanol–water partition coefficient (Wildman–Crippen LogP) is -0.473. The molecule has 0 spiro atoms. The zero-order valence-electron chi connectivity index (χ0n) is 7.46. The minimum Gasteiger partial charge on any atom is -0.399 e. The standard InChI is InChI=1S/C9H10BN2O2/c11-8-3-4-9-7(6-8)2-1-5-12(9)10(13)14/h1-6,13-14H,11H2/q+1. The molecule has 1 aromatic heterocycles. The zero-order chi connectivity index (χ0) is 10.1. The fourth-order valence-electron chi connectivity index (χ4n) is 1.46. The fraction of sp³-hybridized carbons (Fsp3) is 0. The van der Waals surface area contributed by atoms with Crippen molar-refractivity contribution in [2.75, 3.05) is 5.73 Å². The van der Waals surface area contributed by atoms with E-state index in [-0.39, 0.29) is 0 Å². The summed E-state index contributed by atoms with van der Waals surface area (Å²) in [5.41, 5.74) is 7.00. The summed E-state index contributed by atoms with van der Waals surface area (Å²) in [5, 5.41) is 19.0. The zero-order valence-corrected chi connectivity index (χ0v) is 7.46. The van der Waals surface area contributed by atoms with Gasteiger partial charge in [-0.05, 0) is 18.2 Å². The van der Waals surface area contributed by atoms with E-state index in [2.05, 4.69) is 0 Å². The molecule has 2 rings (SSSR count). The van der Waals surface area contributed by atoms with Gasteiger partial charge in [-0.3, -0.25) is 0 Å². The number of anilines is 1. The van der Waals surface area contributed by atoms with Crippen LogP contribution in [0.1, 0.15) is 0 Å². The maximum atomic E-state index is 9.08. The number of nitrogen functional groups attached to an aromatic ring is 1. The molecular formula is C9H10BN2O2+. The van der Waals surface area contributed by atoms with Crippen LogP contribution < -0.4 is 10.2 Å². The minimum absolute atomic E-state index is 0.655. The van der Waals surface area contributed by atoms with Crippen LogP contribution in [0.25, 0.3) is 10.9 Å². The molecule has 0 aliphatic rings. The van der Waals surface area contributed by atoms with Crippen LogP contribution in [0, 0.1) is 0 Å². The maximum Gasteiger partial charge on any atom is 0.844 e. The van der Waals surface area contributed by atoms with Gasteiger partial charge in [0.05, 0.1) is 0 Å². The molecule has 0 bridgehead atoms. The third kappa shape index (κ3) is 1.43. The Kier molecular flexibility index (Phi) is 2.11. The predicted molar refractivity (Wildman–Crippen MR) is 54.1 cm³/mol. The lowest BCUT2D eigenvalue weighted by Gasteiger charge is -2.00. The van der Waals surface area contributed by atoms with Gasteiger partial charge in [-0.2, -0.15) is 0 Å². The number of hydrogen-bond donors (Lipinski definition) is 3. The monoisotopic (exact) mass is 189 g/mol. The lowest BCUT2D eigenvalue weighted by Crippen LogP contribution is -2.51. The average molecular weight is 189 g/mol. The molecule has 0 amide bonds. The van der Waals surface area contributed by atoms with E-state index in [1.807, 2.05) is 6.07 Å². The Morgan fingerprint density at radius 1 is 1.21 bits per heavy atom. The first-order valence-corrected chi connectivity index (χ1v) is 4.24. The molecule has 0 saturated carbocycles. The first-order valence-electron chi connectivity index (χ1n) is 4.24. The Balaban J connectivity index is 2.75. The summed E-state index contributed by atoms with van der Waals surface area (Å²) < 4.78 is 1.36. The highest BCUT2D eigenvalue weighted by Gasteiger charge is 2.27. The van der Waals surface area contributed by atoms with Crippen molar-refractivity contribution in [3.05, 3.63) is 36.5 Å². The van der Waals surface area contributed by atoms with Crippen molar-refractivity contribution in [1.29, 1.82) is 0 Å². The second-order valence-corrected chi connectivity index (χ2v) is 3.08. The smallest absolute Gasteiger partial charge is 0.399 e. The summed E-state index contributed by atoms with van der Waals surface area (Å²) in [4.78, 5) is 0. The van der Waals surface area contributed by atoms with Gasteiger partial charge in [0.15, 0.2) is 5.52 Å². The Hall–Kier alpha value is -1.59. The van der Waals surface area contributed by atoms with Crippen molar-refractivity contribution >= 4 is 23.8 Å². The van der Waals surface area contributed by atoms with Gasteiger partial charge in [0.2, 0.25) is 0 Å². The van der Waals surface area contributed by atoms with Crippen molar-refractivity contribution in [2.45, 2.75) is 0 Å². The molecule has 1 aromatic carbocycles. The lowest BCUT2D eigenvalue weighted by molar-refractivity contribution is -0.534. The van der Waals surface area contributed by atoms with Crippen LogP contribution in [0.3, 0.4) is 0 Å². The Bertz CT molecular complexity index is 473. The van der Waals surface area contributed by atoms with E-state index in [0.717, 1.165) is 10.9 Å². The van der Waals surface area contributed by atoms with Crippen molar-refractivity contribution in [3.8, 4) is 0 Å². The molecule has 1 heterocycles. The van der Waals surface area contributed by atoms with Crippen molar-refractivity contribution in [2.24, 2.45) is 0 Å². The third-order valence-corrected chi connectivity index (χ3v) is 2.10. The molecule has 0 saturated heterocycles. The lowest BCUT2D eigenvalue weighted by atomic mass is 10.1. The van der Waals surface area contributed by atoms with Gasteiger partial charge >= 0.3 is 7.25 Å². The summed E-state index contributed by atoms with van der Waals surface area (Å²) in [6.07, 6.45) is 1.60. The number of nitrogens with zero attached hydrogens (tertiary/aromatic N) is 1. The van der Waals surface area contributed by atoms with Crippen LogP contribution in [0.4, 0.5) is 5.69 Å². The van der Waals surface area contributed by atoms with Gasteiger partial charge in [-0.25, -0.2) is 4.48 Å². The van der Waals surface area contributed by atoms with Gasteiger partial charge in [0, 0.05) is 23.2 Å². The first kappa shape index (κ1) is 8.99. The largest absolute Gasteiger partial charge is 0.844 e. The molecule has 0 fully saturated rings. The molecule has 0 aliphatic carbocycles. The van der Waals surface area contributed by atoms with Crippen LogP contribution in [0.5, 0.6) is 0 Å². The molecule has 4 N–H and O–H groups in total. The Labute approximate surface area is 81.4 Å². The number of benzene rings is 1. The van der Waals surface area contributed by atoms with Crippen molar-refractivity contribution < 1.29 is 14.5 Å². The van der Waals surface area contributed by atoms with Gasteiger partial charge in [0.25, 0.3) is 0 Å². The summed E-state index contributed by atoms with van der Waals surface area (Å²) in [6.45, 7) is 0. The molecule has 2 aromatic rings. The van der Waals surface area contributed by atoms with Crippen LogP contribution >= 0.6 is 0 Å². The number of pyridine rings is 1. The highest BCUT2D eigenvalue weighted by molar-refractivity contribution is 6.30. The van der Waals surface area contributed by atoms with Gasteiger partial charge in [-0.15, -0.1) is 0 Å². The molecule has 70 valence electrons. The van der Waals surface area contributed by atoms with E-state index in [1.165, 1.54) is 4.48 Å². The Morgan fingerprint density at radius 3 is 2.71 bits per heavy atom. The van der Waals surface area contributed by atoms with E-state index in [1.54, 1.807) is 30.5 Å². The number of aromatic nitrogens is 1. The molecule has 4 nitrogen and oxygen atoms in total. The quantitative estimate of drug-likeness (QED) is 0.419. The second kappa shape index (κ2) is 3.28. The summed E-state index contributed by atoms with van der Waals surface area (Å²) in [7, 11) is -1.53. The van der Waals surface area contributed by atoms with Gasteiger partial charge in [0.1, 0.15) is 6.20 Å². The molecule has 0 aliphatic heterocycles. The molecule has 0 radical (unpaired) electrons. The van der Waals surface area contributed by atoms with E-state index in [4.69, 9.17) is 15.8 Å². The first-order chi connectivity index (χ1) is 6.68. The van der Waals surface area contributed by atoms with E-state index < -0.39 is 7.25 Å². The molecule has 14 heavy (non-hydrogen) atoms. The molecule has 0 unspecified atom stereocenters. The van der Waals surface area contributed by atoms with E-state index in [9.17, 15) is 0 Å². The number of hydrogen-bond acceptors (Lipinski definition) is 3. The van der Waals surface area contributed by atoms with E-state index in [0.29, 0.717) is 5.69 Å².